The second-order valence-corrected chi connectivity index (χ2v) is 4.21. The fraction of sp³-hybridized carbons (Fsp3) is 0.167. The highest BCUT2D eigenvalue weighted by molar-refractivity contribution is 9.10. The number of benzene rings is 1. The molecule has 4 nitrogen and oxygen atoms in total. The molecule has 1 aromatic carbocycles. The molecule has 0 aliphatic carbocycles. The van der Waals surface area contributed by atoms with Crippen molar-refractivity contribution < 1.29 is 14.6 Å². The molecular weight excluding hydrogens is 286 g/mol. The predicted molar refractivity (Wildman–Crippen MR) is 64.8 cm³/mol. The van der Waals surface area contributed by atoms with Crippen LogP contribution in [0.25, 0.3) is 10.9 Å². The molecule has 0 bridgehead atoms. The van der Waals surface area contributed by atoms with Gasteiger partial charge in [0.05, 0.1) is 17.7 Å². The number of rotatable bonds is 2. The molecule has 0 saturated carbocycles. The Labute approximate surface area is 106 Å². The van der Waals surface area contributed by atoms with Gasteiger partial charge in [-0.25, -0.2) is 4.79 Å². The Morgan fingerprint density at radius 2 is 2.29 bits per heavy atom. The third kappa shape index (κ3) is 2.10. The van der Waals surface area contributed by atoms with Gasteiger partial charge in [-0.2, -0.15) is 0 Å². The first kappa shape index (κ1) is 11.9. The van der Waals surface area contributed by atoms with Crippen molar-refractivity contribution in [3.05, 3.63) is 34.4 Å². The average Bonchev–Trinajstić information content (AvgIpc) is 2.31. The molecule has 0 N–H and O–H groups in total. The van der Waals surface area contributed by atoms with Gasteiger partial charge in [0.15, 0.2) is 0 Å². The van der Waals surface area contributed by atoms with Crippen LogP contribution in [0.5, 0.6) is 5.75 Å². The molecule has 88 valence electrons. The van der Waals surface area contributed by atoms with Crippen LogP contribution in [0.1, 0.15) is 17.3 Å². The van der Waals surface area contributed by atoms with Gasteiger partial charge in [0.2, 0.25) is 0 Å². The van der Waals surface area contributed by atoms with Crippen LogP contribution in [0.4, 0.5) is 0 Å². The molecule has 1 heterocycles. The maximum Gasteiger partial charge on any atom is 0.339 e. The van der Waals surface area contributed by atoms with E-state index >= 15 is 0 Å². The van der Waals surface area contributed by atoms with Crippen molar-refractivity contribution in [1.82, 2.24) is 4.98 Å². The number of pyridine rings is 1. The standard InChI is InChI=1S/C12H10BrNO3/c1-2-17-12(16)8-6-14-10-7(11(8)15)4-3-5-9(10)13/h3-6H,2H2,1H3,(H,14,15)/p-1. The Morgan fingerprint density at radius 3 is 3.00 bits per heavy atom. The topological polar surface area (TPSA) is 62.2 Å². The van der Waals surface area contributed by atoms with E-state index in [0.717, 1.165) is 4.47 Å². The van der Waals surface area contributed by atoms with Gasteiger partial charge in [0.25, 0.3) is 0 Å². The van der Waals surface area contributed by atoms with Crippen molar-refractivity contribution in [3.8, 4) is 5.75 Å². The third-order valence-electron chi connectivity index (χ3n) is 2.29. The Kier molecular flexibility index (Phi) is 3.28. The largest absolute Gasteiger partial charge is 0.871 e. The van der Waals surface area contributed by atoms with Crippen molar-refractivity contribution in [2.24, 2.45) is 0 Å². The second-order valence-electron chi connectivity index (χ2n) is 3.36. The van der Waals surface area contributed by atoms with Gasteiger partial charge >= 0.3 is 5.97 Å². The van der Waals surface area contributed by atoms with Crippen LogP contribution in [0.3, 0.4) is 0 Å². The number of halogens is 1. The lowest BCUT2D eigenvalue weighted by molar-refractivity contribution is -0.266. The van der Waals surface area contributed by atoms with E-state index in [1.54, 1.807) is 25.1 Å². The molecule has 0 aliphatic rings. The van der Waals surface area contributed by atoms with Crippen LogP contribution in [0.2, 0.25) is 0 Å². The van der Waals surface area contributed by atoms with Crippen molar-refractivity contribution >= 4 is 32.8 Å². The van der Waals surface area contributed by atoms with Gasteiger partial charge in [-0.05, 0) is 34.3 Å². The highest BCUT2D eigenvalue weighted by Gasteiger charge is 2.11. The number of aromatic nitrogens is 1. The fourth-order valence-corrected chi connectivity index (χ4v) is 1.99. The van der Waals surface area contributed by atoms with Gasteiger partial charge in [-0.3, -0.25) is 4.98 Å². The molecule has 0 aliphatic heterocycles. The zero-order chi connectivity index (χ0) is 12.4. The lowest BCUT2D eigenvalue weighted by atomic mass is 10.1. The minimum atomic E-state index is -0.633. The summed E-state index contributed by atoms with van der Waals surface area (Å²) in [6.07, 6.45) is 1.26. The van der Waals surface area contributed by atoms with E-state index in [0.29, 0.717) is 10.9 Å². The SMILES string of the molecule is CCOC(=O)c1cnc2c(Br)cccc2c1[O-]. The first-order valence-corrected chi connectivity index (χ1v) is 5.85. The van der Waals surface area contributed by atoms with E-state index in [-0.39, 0.29) is 17.9 Å². The van der Waals surface area contributed by atoms with Gasteiger partial charge in [0, 0.05) is 10.7 Å². The zero-order valence-electron chi connectivity index (χ0n) is 9.07. The molecule has 1 aromatic heterocycles. The summed E-state index contributed by atoms with van der Waals surface area (Å²) in [6.45, 7) is 1.92. The number of hydrogen-bond donors (Lipinski definition) is 0. The minimum absolute atomic E-state index is 0.0301. The van der Waals surface area contributed by atoms with Crippen LogP contribution in [-0.4, -0.2) is 17.6 Å². The molecule has 0 unspecified atom stereocenters. The average molecular weight is 295 g/mol. The molecule has 0 saturated heterocycles. The maximum atomic E-state index is 12.0. The lowest BCUT2D eigenvalue weighted by Gasteiger charge is -2.15. The normalized spacial score (nSPS) is 10.5. The molecule has 17 heavy (non-hydrogen) atoms. The maximum absolute atomic E-state index is 12.0. The first-order chi connectivity index (χ1) is 8.15. The number of para-hydroxylation sites is 1. The Morgan fingerprint density at radius 1 is 1.53 bits per heavy atom. The molecule has 5 heteroatoms. The lowest BCUT2D eigenvalue weighted by Crippen LogP contribution is -2.09. The number of fused-ring (bicyclic) bond motifs is 1. The van der Waals surface area contributed by atoms with E-state index in [4.69, 9.17) is 4.74 Å². The highest BCUT2D eigenvalue weighted by Crippen LogP contribution is 2.29. The molecule has 0 radical (unpaired) electrons. The summed E-state index contributed by atoms with van der Waals surface area (Å²) in [4.78, 5) is 15.6. The number of carbonyl (C=O) groups is 1. The molecule has 2 rings (SSSR count). The number of nitrogens with zero attached hydrogens (tertiary/aromatic N) is 1. The summed E-state index contributed by atoms with van der Waals surface area (Å²) in [7, 11) is 0. The molecular formula is C12H9BrNO3-. The van der Waals surface area contributed by atoms with Gasteiger partial charge in [-0.15, -0.1) is 0 Å². The summed E-state index contributed by atoms with van der Waals surface area (Å²) in [5.74, 6) is -0.985. The Bertz CT molecular complexity index is 583. The number of ether oxygens (including phenoxy) is 1. The summed E-state index contributed by atoms with van der Waals surface area (Å²) >= 11 is 3.31. The van der Waals surface area contributed by atoms with Crippen LogP contribution < -0.4 is 5.11 Å². The molecule has 2 aromatic rings. The van der Waals surface area contributed by atoms with E-state index < -0.39 is 5.97 Å². The van der Waals surface area contributed by atoms with Crippen LogP contribution >= 0.6 is 15.9 Å². The van der Waals surface area contributed by atoms with Crippen LogP contribution in [0.15, 0.2) is 28.9 Å². The van der Waals surface area contributed by atoms with Crippen molar-refractivity contribution in [1.29, 1.82) is 0 Å². The molecule has 0 spiro atoms. The second kappa shape index (κ2) is 4.71. The Balaban J connectivity index is 2.62. The fourth-order valence-electron chi connectivity index (χ4n) is 1.52. The van der Waals surface area contributed by atoms with E-state index in [9.17, 15) is 9.90 Å². The summed E-state index contributed by atoms with van der Waals surface area (Å²) in [5, 5.41) is 12.4. The van der Waals surface area contributed by atoms with Gasteiger partial charge < -0.3 is 9.84 Å². The third-order valence-corrected chi connectivity index (χ3v) is 2.93. The molecule has 0 atom stereocenters. The van der Waals surface area contributed by atoms with Crippen LogP contribution in [0, 0.1) is 0 Å². The summed E-state index contributed by atoms with van der Waals surface area (Å²) in [5.41, 5.74) is 0.517. The van der Waals surface area contributed by atoms with Crippen molar-refractivity contribution in [2.45, 2.75) is 6.92 Å². The molecule has 0 fully saturated rings. The monoisotopic (exact) mass is 294 g/mol. The smallest absolute Gasteiger partial charge is 0.339 e. The highest BCUT2D eigenvalue weighted by atomic mass is 79.9. The number of esters is 1. The quantitative estimate of drug-likeness (QED) is 0.797. The summed E-state index contributed by atoms with van der Waals surface area (Å²) < 4.78 is 5.52. The van der Waals surface area contributed by atoms with Gasteiger partial charge in [-0.1, -0.05) is 17.9 Å². The first-order valence-electron chi connectivity index (χ1n) is 5.06. The predicted octanol–water partition coefficient (Wildman–Crippen LogP) is 2.25. The Hall–Kier alpha value is -1.62. The summed E-state index contributed by atoms with van der Waals surface area (Å²) in [6, 6.07) is 5.15. The number of hydrogen-bond acceptors (Lipinski definition) is 4. The van der Waals surface area contributed by atoms with E-state index in [1.807, 2.05) is 0 Å². The molecule has 0 amide bonds. The number of carbonyl (C=O) groups excluding carboxylic acids is 1. The van der Waals surface area contributed by atoms with E-state index in [2.05, 4.69) is 20.9 Å². The zero-order valence-corrected chi connectivity index (χ0v) is 10.7. The van der Waals surface area contributed by atoms with Gasteiger partial charge in [0.1, 0.15) is 0 Å². The van der Waals surface area contributed by atoms with E-state index in [1.165, 1.54) is 6.20 Å². The van der Waals surface area contributed by atoms with Crippen molar-refractivity contribution in [3.63, 3.8) is 0 Å². The van der Waals surface area contributed by atoms with Crippen molar-refractivity contribution in [2.75, 3.05) is 6.61 Å². The minimum Gasteiger partial charge on any atom is -0.871 e. The van der Waals surface area contributed by atoms with Crippen LogP contribution in [-0.2, 0) is 4.74 Å².